The Morgan fingerprint density at radius 3 is 2.39 bits per heavy atom. The second-order valence-electron chi connectivity index (χ2n) is 6.21. The number of alkyl halides is 3. The van der Waals surface area contributed by atoms with E-state index in [1.54, 1.807) is 6.07 Å². The lowest BCUT2D eigenvalue weighted by Crippen LogP contribution is -2.35. The lowest BCUT2D eigenvalue weighted by Gasteiger charge is -2.18. The Morgan fingerprint density at radius 1 is 1.07 bits per heavy atom. The quantitative estimate of drug-likeness (QED) is 0.775. The van der Waals surface area contributed by atoms with Crippen LogP contribution >= 0.6 is 0 Å². The van der Waals surface area contributed by atoms with E-state index in [0.29, 0.717) is 5.75 Å². The lowest BCUT2D eigenvalue weighted by molar-refractivity contribution is -0.137. The summed E-state index contributed by atoms with van der Waals surface area (Å²) in [5.74, 6) is -0.403. The molecule has 150 valence electrons. The zero-order chi connectivity index (χ0) is 20.7. The van der Waals surface area contributed by atoms with E-state index in [-0.39, 0.29) is 31.2 Å². The third-order valence-corrected chi connectivity index (χ3v) is 3.98. The first-order valence-corrected chi connectivity index (χ1v) is 8.57. The Labute approximate surface area is 161 Å². The van der Waals surface area contributed by atoms with Crippen molar-refractivity contribution in [2.45, 2.75) is 19.5 Å². The van der Waals surface area contributed by atoms with Crippen LogP contribution in [0.4, 0.5) is 18.9 Å². The van der Waals surface area contributed by atoms with Gasteiger partial charge in [0, 0.05) is 7.05 Å². The van der Waals surface area contributed by atoms with Crippen molar-refractivity contribution < 1.29 is 27.5 Å². The minimum absolute atomic E-state index is 0.0389. The number of para-hydroxylation sites is 2. The third kappa shape index (κ3) is 6.00. The van der Waals surface area contributed by atoms with Gasteiger partial charge in [-0.1, -0.05) is 30.3 Å². The number of hydrogen-bond donors (Lipinski definition) is 1. The summed E-state index contributed by atoms with van der Waals surface area (Å²) in [6, 6.07) is 12.0. The number of carbonyl (C=O) groups excluding carboxylic acids is 2. The smallest absolute Gasteiger partial charge is 0.418 e. The zero-order valence-electron chi connectivity index (χ0n) is 15.5. The zero-order valence-corrected chi connectivity index (χ0v) is 15.5. The highest BCUT2D eigenvalue weighted by Crippen LogP contribution is 2.34. The van der Waals surface area contributed by atoms with Gasteiger partial charge in [0.25, 0.3) is 0 Å². The van der Waals surface area contributed by atoms with Crippen LogP contribution in [0.3, 0.4) is 0 Å². The standard InChI is InChI=1S/C20H21F3N2O3/c1-14-7-3-6-10-17(14)28-12-11-19(27)25(2)13-18(26)24-16-9-5-4-8-15(16)20(21,22)23/h3-10H,11-13H2,1-2H3,(H,24,26). The first kappa shape index (κ1) is 21.3. The Morgan fingerprint density at radius 2 is 1.71 bits per heavy atom. The fourth-order valence-corrected chi connectivity index (χ4v) is 2.49. The van der Waals surface area contributed by atoms with Gasteiger partial charge in [0.2, 0.25) is 11.8 Å². The highest BCUT2D eigenvalue weighted by Gasteiger charge is 2.33. The molecule has 5 nitrogen and oxygen atoms in total. The second-order valence-corrected chi connectivity index (χ2v) is 6.21. The molecule has 0 saturated carbocycles. The molecule has 0 radical (unpaired) electrons. The number of amides is 2. The first-order chi connectivity index (χ1) is 13.2. The maximum absolute atomic E-state index is 13.0. The number of ether oxygens (including phenoxy) is 1. The van der Waals surface area contributed by atoms with Crippen molar-refractivity contribution in [3.63, 3.8) is 0 Å². The van der Waals surface area contributed by atoms with Gasteiger partial charge in [-0.25, -0.2) is 0 Å². The number of carbonyl (C=O) groups is 2. The van der Waals surface area contributed by atoms with Crippen LogP contribution in [-0.2, 0) is 15.8 Å². The average molecular weight is 394 g/mol. The molecule has 2 amide bonds. The van der Waals surface area contributed by atoms with Crippen LogP contribution in [0.1, 0.15) is 17.5 Å². The summed E-state index contributed by atoms with van der Waals surface area (Å²) in [5.41, 5.74) is -0.348. The molecule has 1 N–H and O–H groups in total. The van der Waals surface area contributed by atoms with E-state index in [4.69, 9.17) is 4.74 Å². The van der Waals surface area contributed by atoms with Gasteiger partial charge in [0.15, 0.2) is 0 Å². The van der Waals surface area contributed by atoms with Gasteiger partial charge in [-0.15, -0.1) is 0 Å². The van der Waals surface area contributed by atoms with Crippen LogP contribution in [0, 0.1) is 6.92 Å². The summed E-state index contributed by atoms with van der Waals surface area (Å²) in [6.07, 6.45) is -4.55. The van der Waals surface area contributed by atoms with Crippen molar-refractivity contribution in [2.75, 3.05) is 25.5 Å². The maximum atomic E-state index is 13.0. The Bertz CT molecular complexity index is 837. The van der Waals surface area contributed by atoms with E-state index < -0.39 is 17.6 Å². The van der Waals surface area contributed by atoms with Crippen LogP contribution in [0.15, 0.2) is 48.5 Å². The molecule has 0 aliphatic heterocycles. The summed E-state index contributed by atoms with van der Waals surface area (Å²) >= 11 is 0. The summed E-state index contributed by atoms with van der Waals surface area (Å²) < 4.78 is 44.4. The van der Waals surface area contributed by atoms with Gasteiger partial charge in [0.05, 0.1) is 30.8 Å². The molecule has 0 heterocycles. The van der Waals surface area contributed by atoms with Crippen molar-refractivity contribution in [3.05, 3.63) is 59.7 Å². The van der Waals surface area contributed by atoms with Gasteiger partial charge >= 0.3 is 6.18 Å². The van der Waals surface area contributed by atoms with Crippen LogP contribution in [-0.4, -0.2) is 36.9 Å². The van der Waals surface area contributed by atoms with Crippen LogP contribution in [0.2, 0.25) is 0 Å². The number of halogens is 3. The van der Waals surface area contributed by atoms with Gasteiger partial charge in [-0.3, -0.25) is 9.59 Å². The number of nitrogens with one attached hydrogen (secondary N) is 1. The maximum Gasteiger partial charge on any atom is 0.418 e. The molecule has 0 atom stereocenters. The van der Waals surface area contributed by atoms with Crippen molar-refractivity contribution in [2.24, 2.45) is 0 Å². The fourth-order valence-electron chi connectivity index (χ4n) is 2.49. The molecular weight excluding hydrogens is 373 g/mol. The minimum atomic E-state index is -4.58. The van der Waals surface area contributed by atoms with E-state index >= 15 is 0 Å². The number of aryl methyl sites for hydroxylation is 1. The lowest BCUT2D eigenvalue weighted by atomic mass is 10.1. The fraction of sp³-hybridized carbons (Fsp3) is 0.300. The third-order valence-electron chi connectivity index (χ3n) is 3.98. The SMILES string of the molecule is Cc1ccccc1OCCC(=O)N(C)CC(=O)Nc1ccccc1C(F)(F)F. The van der Waals surface area contributed by atoms with E-state index in [1.807, 2.05) is 25.1 Å². The topological polar surface area (TPSA) is 58.6 Å². The highest BCUT2D eigenvalue weighted by atomic mass is 19.4. The number of benzene rings is 2. The largest absolute Gasteiger partial charge is 0.493 e. The van der Waals surface area contributed by atoms with Crippen LogP contribution in [0.25, 0.3) is 0 Å². The van der Waals surface area contributed by atoms with Gasteiger partial charge < -0.3 is 15.0 Å². The van der Waals surface area contributed by atoms with Crippen molar-refractivity contribution in [1.82, 2.24) is 4.90 Å². The molecule has 2 aromatic rings. The summed E-state index contributed by atoms with van der Waals surface area (Å²) in [7, 11) is 1.41. The van der Waals surface area contributed by atoms with E-state index in [9.17, 15) is 22.8 Å². The summed E-state index contributed by atoms with van der Waals surface area (Å²) in [6.45, 7) is 1.65. The van der Waals surface area contributed by atoms with Gasteiger partial charge in [-0.2, -0.15) is 13.2 Å². The molecule has 2 aromatic carbocycles. The number of hydrogen-bond acceptors (Lipinski definition) is 3. The molecule has 0 bridgehead atoms. The molecule has 0 unspecified atom stereocenters. The molecular formula is C20H21F3N2O3. The second kappa shape index (κ2) is 9.25. The molecule has 0 aromatic heterocycles. The predicted molar refractivity (Wildman–Crippen MR) is 99.0 cm³/mol. The number of likely N-dealkylation sites (N-methyl/N-ethyl adjacent to an activating group) is 1. The minimum Gasteiger partial charge on any atom is -0.493 e. The van der Waals surface area contributed by atoms with Crippen LogP contribution < -0.4 is 10.1 Å². The molecule has 0 spiro atoms. The number of anilines is 1. The highest BCUT2D eigenvalue weighted by molar-refractivity contribution is 5.95. The van der Waals surface area contributed by atoms with Crippen molar-refractivity contribution >= 4 is 17.5 Å². The Balaban J connectivity index is 1.85. The molecule has 0 aliphatic carbocycles. The summed E-state index contributed by atoms with van der Waals surface area (Å²) in [5, 5.41) is 2.21. The average Bonchev–Trinajstić information content (AvgIpc) is 2.62. The van der Waals surface area contributed by atoms with Gasteiger partial charge in [-0.05, 0) is 30.7 Å². The van der Waals surface area contributed by atoms with Gasteiger partial charge in [0.1, 0.15) is 5.75 Å². The van der Waals surface area contributed by atoms with Crippen LogP contribution in [0.5, 0.6) is 5.75 Å². The summed E-state index contributed by atoms with van der Waals surface area (Å²) in [4.78, 5) is 25.3. The van der Waals surface area contributed by atoms with Crippen molar-refractivity contribution in [1.29, 1.82) is 0 Å². The van der Waals surface area contributed by atoms with E-state index in [2.05, 4.69) is 5.32 Å². The van der Waals surface area contributed by atoms with E-state index in [0.717, 1.165) is 16.5 Å². The monoisotopic (exact) mass is 394 g/mol. The molecule has 0 aliphatic rings. The molecule has 0 fully saturated rings. The number of rotatable bonds is 7. The Hall–Kier alpha value is -3.03. The molecule has 2 rings (SSSR count). The molecule has 28 heavy (non-hydrogen) atoms. The normalized spacial score (nSPS) is 11.0. The molecule has 8 heteroatoms. The van der Waals surface area contributed by atoms with Crippen molar-refractivity contribution in [3.8, 4) is 5.75 Å². The molecule has 0 saturated heterocycles. The first-order valence-electron chi connectivity index (χ1n) is 8.57. The predicted octanol–water partition coefficient (Wildman–Crippen LogP) is 3.88. The number of nitrogens with zero attached hydrogens (tertiary/aromatic N) is 1. The Kier molecular flexibility index (Phi) is 7.03. The van der Waals surface area contributed by atoms with E-state index in [1.165, 1.54) is 25.2 Å².